The van der Waals surface area contributed by atoms with Gasteiger partial charge in [-0.05, 0) is 29.3 Å². The number of nitrogens with zero attached hydrogens (tertiary/aromatic N) is 1. The van der Waals surface area contributed by atoms with Gasteiger partial charge < -0.3 is 0 Å². The Bertz CT molecular complexity index is 648. The summed E-state index contributed by atoms with van der Waals surface area (Å²) in [6.45, 7) is 0. The smallest absolute Gasteiger partial charge is 0.0997 e. The Kier molecular flexibility index (Phi) is 4.55. The second-order valence-corrected chi connectivity index (χ2v) is 4.41. The average Bonchev–Trinajstić information content (AvgIpc) is 2.45. The second kappa shape index (κ2) is 6.58. The van der Waals surface area contributed by atoms with E-state index in [0.29, 0.717) is 10.6 Å². The molecule has 0 radical (unpaired) electrons. The topological polar surface area (TPSA) is 23.8 Å². The van der Waals surface area contributed by atoms with E-state index in [9.17, 15) is 5.26 Å². The van der Waals surface area contributed by atoms with Crippen LogP contribution in [0.5, 0.6) is 0 Å². The number of nitriles is 1. The first-order valence-electron chi connectivity index (χ1n) is 5.89. The molecule has 0 aliphatic heterocycles. The number of hydrogen-bond acceptors (Lipinski definition) is 1. The third kappa shape index (κ3) is 3.84. The van der Waals surface area contributed by atoms with Crippen molar-refractivity contribution in [3.8, 4) is 6.07 Å². The van der Waals surface area contributed by atoms with Crippen molar-refractivity contribution in [3.63, 3.8) is 0 Å². The lowest BCUT2D eigenvalue weighted by atomic mass is 10.1. The molecule has 0 saturated heterocycles. The summed E-state index contributed by atoms with van der Waals surface area (Å²) in [6.07, 6.45) is 5.62. The number of rotatable bonds is 3. The Balaban J connectivity index is 2.21. The molecule has 0 heterocycles. The molecule has 0 spiro atoms. The molecule has 0 amide bonds. The highest BCUT2D eigenvalue weighted by atomic mass is 35.5. The van der Waals surface area contributed by atoms with Gasteiger partial charge in [0.05, 0.1) is 11.6 Å². The summed E-state index contributed by atoms with van der Waals surface area (Å²) in [6, 6.07) is 19.4. The van der Waals surface area contributed by atoms with Crippen molar-refractivity contribution in [1.82, 2.24) is 0 Å². The van der Waals surface area contributed by atoms with Crippen LogP contribution >= 0.6 is 11.6 Å². The monoisotopic (exact) mass is 265 g/mol. The Hall–Kier alpha value is -2.30. The van der Waals surface area contributed by atoms with Crippen LogP contribution in [0.15, 0.2) is 66.7 Å². The van der Waals surface area contributed by atoms with Gasteiger partial charge in [0.1, 0.15) is 0 Å². The second-order valence-electron chi connectivity index (χ2n) is 3.97. The molecule has 0 atom stereocenters. The average molecular weight is 266 g/mol. The molecule has 2 heteroatoms. The summed E-state index contributed by atoms with van der Waals surface area (Å²) >= 11 is 5.92. The number of halogens is 1. The van der Waals surface area contributed by atoms with Crippen molar-refractivity contribution in [2.75, 3.05) is 0 Å². The minimum Gasteiger partial charge on any atom is -0.192 e. The van der Waals surface area contributed by atoms with Crippen molar-refractivity contribution in [3.05, 3.63) is 82.9 Å². The summed E-state index contributed by atoms with van der Waals surface area (Å²) in [5.74, 6) is 0. The van der Waals surface area contributed by atoms with E-state index in [-0.39, 0.29) is 0 Å². The fourth-order valence-electron chi connectivity index (χ4n) is 1.67. The molecular weight excluding hydrogens is 254 g/mol. The Morgan fingerprint density at radius 1 is 1.05 bits per heavy atom. The van der Waals surface area contributed by atoms with Crippen LogP contribution in [0.2, 0.25) is 5.02 Å². The number of allylic oxidation sites excluding steroid dienone is 3. The van der Waals surface area contributed by atoms with Gasteiger partial charge in [-0.15, -0.1) is 0 Å². The molecule has 0 bridgehead atoms. The van der Waals surface area contributed by atoms with Crippen molar-refractivity contribution in [2.24, 2.45) is 0 Å². The van der Waals surface area contributed by atoms with E-state index in [1.165, 1.54) is 0 Å². The third-order valence-corrected chi connectivity index (χ3v) is 2.84. The van der Waals surface area contributed by atoms with Gasteiger partial charge in [0.25, 0.3) is 0 Å². The van der Waals surface area contributed by atoms with Gasteiger partial charge >= 0.3 is 0 Å². The standard InChI is InChI=1S/C17H12ClN/c18-17-11-5-9-15(12-17)16(13-19)10-4-8-14-6-2-1-3-7-14/h1-12H/b8-4+,16-10-. The predicted octanol–water partition coefficient (Wildman–Crippen LogP) is 4.96. The fraction of sp³-hybridized carbons (Fsp3) is 0. The summed E-state index contributed by atoms with van der Waals surface area (Å²) < 4.78 is 0. The molecular formula is C17H12ClN. The summed E-state index contributed by atoms with van der Waals surface area (Å²) in [7, 11) is 0. The van der Waals surface area contributed by atoms with Crippen LogP contribution < -0.4 is 0 Å². The normalized spacial score (nSPS) is 11.5. The summed E-state index contributed by atoms with van der Waals surface area (Å²) in [5.41, 5.74) is 2.52. The Morgan fingerprint density at radius 2 is 1.84 bits per heavy atom. The highest BCUT2D eigenvalue weighted by molar-refractivity contribution is 6.30. The largest absolute Gasteiger partial charge is 0.192 e. The third-order valence-electron chi connectivity index (χ3n) is 2.61. The van der Waals surface area contributed by atoms with Crippen LogP contribution in [0.25, 0.3) is 11.6 Å². The molecule has 19 heavy (non-hydrogen) atoms. The lowest BCUT2D eigenvalue weighted by Gasteiger charge is -1.98. The predicted molar refractivity (Wildman–Crippen MR) is 80.5 cm³/mol. The van der Waals surface area contributed by atoms with Crippen LogP contribution in [0.1, 0.15) is 11.1 Å². The first kappa shape index (κ1) is 13.1. The molecule has 2 aromatic rings. The van der Waals surface area contributed by atoms with Gasteiger partial charge in [-0.3, -0.25) is 0 Å². The lowest BCUT2D eigenvalue weighted by molar-refractivity contribution is 1.52. The molecule has 2 rings (SSSR count). The molecule has 0 saturated carbocycles. The molecule has 0 aliphatic rings. The molecule has 0 unspecified atom stereocenters. The highest BCUT2D eigenvalue weighted by Crippen LogP contribution is 2.18. The van der Waals surface area contributed by atoms with Crippen LogP contribution in [-0.4, -0.2) is 0 Å². The van der Waals surface area contributed by atoms with E-state index < -0.39 is 0 Å². The van der Waals surface area contributed by atoms with Crippen molar-refractivity contribution >= 4 is 23.3 Å². The fourth-order valence-corrected chi connectivity index (χ4v) is 1.86. The first-order valence-corrected chi connectivity index (χ1v) is 6.27. The van der Waals surface area contributed by atoms with Crippen LogP contribution in [0, 0.1) is 11.3 Å². The lowest BCUT2D eigenvalue weighted by Crippen LogP contribution is -1.80. The maximum Gasteiger partial charge on any atom is 0.0997 e. The maximum atomic E-state index is 9.17. The zero-order valence-electron chi connectivity index (χ0n) is 10.3. The zero-order valence-corrected chi connectivity index (χ0v) is 11.0. The van der Waals surface area contributed by atoms with E-state index in [0.717, 1.165) is 11.1 Å². The minimum atomic E-state index is 0.592. The van der Waals surface area contributed by atoms with Crippen LogP contribution in [0.4, 0.5) is 0 Å². The van der Waals surface area contributed by atoms with Crippen LogP contribution in [-0.2, 0) is 0 Å². The van der Waals surface area contributed by atoms with Gasteiger partial charge in [-0.1, -0.05) is 66.2 Å². The van der Waals surface area contributed by atoms with Crippen molar-refractivity contribution in [2.45, 2.75) is 0 Å². The maximum absolute atomic E-state index is 9.17. The SMILES string of the molecule is N#C/C(=C/C=C/c1ccccc1)c1cccc(Cl)c1. The van der Waals surface area contributed by atoms with E-state index in [4.69, 9.17) is 11.6 Å². The number of hydrogen-bond donors (Lipinski definition) is 0. The van der Waals surface area contributed by atoms with E-state index in [1.54, 1.807) is 18.2 Å². The van der Waals surface area contributed by atoms with Gasteiger partial charge in [0.2, 0.25) is 0 Å². The minimum absolute atomic E-state index is 0.592. The molecule has 0 aliphatic carbocycles. The Labute approximate surface area is 118 Å². The van der Waals surface area contributed by atoms with Gasteiger partial charge in [-0.25, -0.2) is 0 Å². The van der Waals surface area contributed by atoms with E-state index in [2.05, 4.69) is 6.07 Å². The number of benzene rings is 2. The molecule has 92 valence electrons. The summed E-state index contributed by atoms with van der Waals surface area (Å²) in [5, 5.41) is 9.80. The quantitative estimate of drug-likeness (QED) is 0.568. The zero-order chi connectivity index (χ0) is 13.5. The van der Waals surface area contributed by atoms with Gasteiger partial charge in [0.15, 0.2) is 0 Å². The van der Waals surface area contributed by atoms with Crippen LogP contribution in [0.3, 0.4) is 0 Å². The Morgan fingerprint density at radius 3 is 2.53 bits per heavy atom. The van der Waals surface area contributed by atoms with Crippen molar-refractivity contribution < 1.29 is 0 Å². The highest BCUT2D eigenvalue weighted by Gasteiger charge is 1.99. The molecule has 0 fully saturated rings. The molecule has 2 aromatic carbocycles. The first-order chi connectivity index (χ1) is 9.29. The molecule has 0 N–H and O–H groups in total. The van der Waals surface area contributed by atoms with Gasteiger partial charge in [-0.2, -0.15) is 5.26 Å². The van der Waals surface area contributed by atoms with Crippen molar-refractivity contribution in [1.29, 1.82) is 5.26 Å². The molecule has 1 nitrogen and oxygen atoms in total. The van der Waals surface area contributed by atoms with Gasteiger partial charge in [0, 0.05) is 5.02 Å². The molecule has 0 aromatic heterocycles. The summed E-state index contributed by atoms with van der Waals surface area (Å²) in [4.78, 5) is 0. The van der Waals surface area contributed by atoms with E-state index >= 15 is 0 Å². The van der Waals surface area contributed by atoms with E-state index in [1.807, 2.05) is 54.6 Å².